The van der Waals surface area contributed by atoms with Crippen LogP contribution in [0, 0.1) is 21.8 Å². The molecule has 0 radical (unpaired) electrons. The maximum atomic E-state index is 11.7. The average Bonchev–Trinajstić information content (AvgIpc) is 3.14. The van der Waals surface area contributed by atoms with E-state index in [0.717, 1.165) is 30.4 Å². The van der Waals surface area contributed by atoms with Crippen LogP contribution in [-0.4, -0.2) is 33.1 Å². The van der Waals surface area contributed by atoms with Gasteiger partial charge in [-0.2, -0.15) is 14.9 Å². The van der Waals surface area contributed by atoms with Crippen LogP contribution in [-0.2, 0) is 13.0 Å². The Hall–Kier alpha value is -3.53. The van der Waals surface area contributed by atoms with Crippen LogP contribution in [0.15, 0.2) is 41.5 Å². The molecule has 0 unspecified atom stereocenters. The van der Waals surface area contributed by atoms with Crippen LogP contribution in [0.3, 0.4) is 0 Å². The smallest absolute Gasteiger partial charge is 0.315 e. The van der Waals surface area contributed by atoms with E-state index in [9.17, 15) is 10.1 Å². The molecule has 0 bridgehead atoms. The molecule has 9 nitrogen and oxygen atoms in total. The zero-order chi connectivity index (χ0) is 23.1. The molecule has 2 aromatic carbocycles. The number of nitrogens with one attached hydrogen (secondary N) is 1. The van der Waals surface area contributed by atoms with Gasteiger partial charge >= 0.3 is 5.69 Å². The molecule has 0 atom stereocenters. The maximum absolute atomic E-state index is 11.7. The van der Waals surface area contributed by atoms with Crippen LogP contribution < -0.4 is 9.47 Å². The summed E-state index contributed by atoms with van der Waals surface area (Å²) in [4.78, 5) is 11.2. The van der Waals surface area contributed by atoms with Crippen LogP contribution in [0.1, 0.15) is 42.3 Å². The highest BCUT2D eigenvalue weighted by molar-refractivity contribution is 7.71. The molecule has 10 heteroatoms. The predicted molar refractivity (Wildman–Crippen MR) is 124 cm³/mol. The van der Waals surface area contributed by atoms with Crippen LogP contribution in [0.5, 0.6) is 11.5 Å². The molecule has 1 N–H and O–H groups in total. The van der Waals surface area contributed by atoms with Crippen molar-refractivity contribution in [1.82, 2.24) is 14.9 Å². The molecule has 0 saturated carbocycles. The van der Waals surface area contributed by atoms with Gasteiger partial charge < -0.3 is 9.47 Å². The van der Waals surface area contributed by atoms with Gasteiger partial charge in [0.25, 0.3) is 0 Å². The monoisotopic (exact) mass is 455 g/mol. The lowest BCUT2D eigenvalue weighted by molar-refractivity contribution is -0.386. The topological polar surface area (TPSA) is 108 Å². The van der Waals surface area contributed by atoms with Gasteiger partial charge in [-0.3, -0.25) is 15.2 Å². The van der Waals surface area contributed by atoms with Crippen molar-refractivity contribution in [3.8, 4) is 11.5 Å². The van der Waals surface area contributed by atoms with Crippen LogP contribution >= 0.6 is 12.2 Å². The summed E-state index contributed by atoms with van der Waals surface area (Å²) in [5.41, 5.74) is 2.28. The van der Waals surface area contributed by atoms with Crippen molar-refractivity contribution in [3.63, 3.8) is 0 Å². The molecule has 168 valence electrons. The first-order valence-electron chi connectivity index (χ1n) is 10.2. The van der Waals surface area contributed by atoms with Crippen molar-refractivity contribution in [3.05, 3.63) is 73.8 Å². The lowest BCUT2D eigenvalue weighted by Crippen LogP contribution is -2.03. The Morgan fingerprint density at radius 1 is 1.31 bits per heavy atom. The van der Waals surface area contributed by atoms with Gasteiger partial charge in [-0.25, -0.2) is 0 Å². The van der Waals surface area contributed by atoms with Crippen molar-refractivity contribution < 1.29 is 14.4 Å². The number of H-pyrrole nitrogens is 1. The number of nitro groups is 1. The third-order valence-electron chi connectivity index (χ3n) is 4.77. The van der Waals surface area contributed by atoms with Crippen molar-refractivity contribution in [2.75, 3.05) is 7.11 Å². The third kappa shape index (κ3) is 5.58. The number of hydrogen-bond acceptors (Lipinski definition) is 7. The van der Waals surface area contributed by atoms with Gasteiger partial charge in [0.2, 0.25) is 10.5 Å². The number of methoxy groups -OCH3 is 1. The molecule has 1 heterocycles. The van der Waals surface area contributed by atoms with E-state index in [1.165, 1.54) is 24.1 Å². The second-order valence-electron chi connectivity index (χ2n) is 7.21. The highest BCUT2D eigenvalue weighted by Gasteiger charge is 2.22. The van der Waals surface area contributed by atoms with Gasteiger partial charge in [0.1, 0.15) is 6.61 Å². The SMILES string of the molecule is CCCCc1n[nH]c(=S)n1/N=C\c1cc(OC)c(OCc2ccc(C)cc2)c([N+](=O)[O-])c1. The van der Waals surface area contributed by atoms with E-state index >= 15 is 0 Å². The fraction of sp³-hybridized carbons (Fsp3) is 0.318. The number of aryl methyl sites for hydroxylation is 2. The third-order valence-corrected chi connectivity index (χ3v) is 5.04. The summed E-state index contributed by atoms with van der Waals surface area (Å²) in [5.74, 6) is 1.01. The van der Waals surface area contributed by atoms with Gasteiger partial charge in [0.15, 0.2) is 11.6 Å². The number of nitro benzene ring substituents is 1. The van der Waals surface area contributed by atoms with Crippen LogP contribution in [0.2, 0.25) is 0 Å². The molecule has 3 rings (SSSR count). The van der Waals surface area contributed by atoms with Gasteiger partial charge in [-0.1, -0.05) is 43.2 Å². The summed E-state index contributed by atoms with van der Waals surface area (Å²) in [6.45, 7) is 4.25. The van der Waals surface area contributed by atoms with Crippen molar-refractivity contribution in [2.45, 2.75) is 39.7 Å². The van der Waals surface area contributed by atoms with Gasteiger partial charge in [0, 0.05) is 18.1 Å². The minimum absolute atomic E-state index is 0.0683. The van der Waals surface area contributed by atoms with E-state index in [-0.39, 0.29) is 23.8 Å². The number of rotatable bonds is 10. The average molecular weight is 456 g/mol. The molecular formula is C22H25N5O4S. The van der Waals surface area contributed by atoms with E-state index in [1.807, 2.05) is 31.2 Å². The fourth-order valence-electron chi connectivity index (χ4n) is 3.02. The molecule has 0 saturated heterocycles. The highest BCUT2D eigenvalue weighted by atomic mass is 32.1. The molecule has 0 fully saturated rings. The Labute approximate surface area is 190 Å². The van der Waals surface area contributed by atoms with Gasteiger partial charge in [0.05, 0.1) is 18.2 Å². The molecule has 1 aromatic heterocycles. The summed E-state index contributed by atoms with van der Waals surface area (Å²) < 4.78 is 13.0. The van der Waals surface area contributed by atoms with Crippen LogP contribution in [0.25, 0.3) is 0 Å². The standard InChI is InChI=1S/C22H25N5O4S/c1-4-5-6-20-24-25-22(32)26(20)23-13-17-11-18(27(28)29)21(19(12-17)30-3)31-14-16-9-7-15(2)8-10-16/h7-13H,4-6,14H2,1-3H3,(H,25,32)/b23-13-. The Morgan fingerprint density at radius 2 is 2.06 bits per heavy atom. The first-order valence-corrected chi connectivity index (χ1v) is 10.6. The number of unbranched alkanes of at least 4 members (excludes halogenated alkanes) is 1. The summed E-state index contributed by atoms with van der Waals surface area (Å²) in [6.07, 6.45) is 4.16. The molecule has 0 aliphatic heterocycles. The second kappa shape index (κ2) is 10.7. The zero-order valence-corrected chi connectivity index (χ0v) is 19.0. The van der Waals surface area contributed by atoms with E-state index < -0.39 is 4.92 Å². The highest BCUT2D eigenvalue weighted by Crippen LogP contribution is 2.38. The number of benzene rings is 2. The zero-order valence-electron chi connectivity index (χ0n) is 18.2. The normalized spacial score (nSPS) is 11.1. The largest absolute Gasteiger partial charge is 0.493 e. The van der Waals surface area contributed by atoms with E-state index in [1.54, 1.807) is 6.07 Å². The number of nitrogens with zero attached hydrogens (tertiary/aromatic N) is 4. The molecule has 0 amide bonds. The summed E-state index contributed by atoms with van der Waals surface area (Å²) in [7, 11) is 1.44. The quantitative estimate of drug-likeness (QED) is 0.200. The lowest BCUT2D eigenvalue weighted by Gasteiger charge is -2.12. The van der Waals surface area contributed by atoms with E-state index in [0.29, 0.717) is 16.2 Å². The summed E-state index contributed by atoms with van der Waals surface area (Å²) in [6, 6.07) is 10.8. The lowest BCUT2D eigenvalue weighted by atomic mass is 10.1. The minimum Gasteiger partial charge on any atom is -0.493 e. The van der Waals surface area contributed by atoms with E-state index in [2.05, 4.69) is 22.2 Å². The molecule has 32 heavy (non-hydrogen) atoms. The van der Waals surface area contributed by atoms with Gasteiger partial charge in [-0.05, 0) is 37.2 Å². The second-order valence-corrected chi connectivity index (χ2v) is 7.59. The van der Waals surface area contributed by atoms with E-state index in [4.69, 9.17) is 21.7 Å². The number of hydrogen-bond donors (Lipinski definition) is 1. The molecular weight excluding hydrogens is 430 g/mol. The fourth-order valence-corrected chi connectivity index (χ4v) is 3.22. The van der Waals surface area contributed by atoms with Crippen LogP contribution in [0.4, 0.5) is 5.69 Å². The Kier molecular flexibility index (Phi) is 7.72. The Bertz CT molecular complexity index is 1170. The van der Waals surface area contributed by atoms with Crippen molar-refractivity contribution in [1.29, 1.82) is 0 Å². The van der Waals surface area contributed by atoms with Gasteiger partial charge in [-0.15, -0.1) is 0 Å². The summed E-state index contributed by atoms with van der Waals surface area (Å²) in [5, 5.41) is 23.0. The Balaban J connectivity index is 1.90. The molecule has 3 aromatic rings. The molecule has 0 spiro atoms. The minimum atomic E-state index is -0.499. The van der Waals surface area contributed by atoms with Crippen molar-refractivity contribution >= 4 is 24.1 Å². The number of ether oxygens (including phenoxy) is 2. The Morgan fingerprint density at radius 3 is 2.72 bits per heavy atom. The first kappa shape index (κ1) is 23.1. The molecule has 0 aliphatic rings. The first-order chi connectivity index (χ1) is 15.4. The molecule has 0 aliphatic carbocycles. The number of aromatic nitrogens is 3. The number of aromatic amines is 1. The maximum Gasteiger partial charge on any atom is 0.315 e. The predicted octanol–water partition coefficient (Wildman–Crippen LogP) is 4.97. The summed E-state index contributed by atoms with van der Waals surface area (Å²) >= 11 is 5.24. The van der Waals surface area contributed by atoms with Crippen molar-refractivity contribution in [2.24, 2.45) is 5.10 Å².